The first kappa shape index (κ1) is 30.6. The van der Waals surface area contributed by atoms with Crippen LogP contribution >= 0.6 is 11.6 Å². The molecule has 2 heterocycles. The van der Waals surface area contributed by atoms with Gasteiger partial charge in [-0.15, -0.1) is 0 Å². The van der Waals surface area contributed by atoms with Crippen LogP contribution in [-0.4, -0.2) is 19.8 Å². The van der Waals surface area contributed by atoms with Gasteiger partial charge in [-0.1, -0.05) is 41.9 Å². The molecular weight excluding hydrogens is 633 g/mol. The lowest BCUT2D eigenvalue weighted by atomic mass is 9.92. The zero-order chi connectivity index (χ0) is 32.5. The fraction of sp³-hybridized carbons (Fsp3) is 0.0286. The third-order valence-electron chi connectivity index (χ3n) is 7.40. The third-order valence-corrected chi connectivity index (χ3v) is 9.10. The van der Waals surface area contributed by atoms with E-state index in [4.69, 9.17) is 11.6 Å². The van der Waals surface area contributed by atoms with E-state index in [0.29, 0.717) is 39.1 Å². The molecular formula is C35H18ClF3N4O2S. The lowest BCUT2D eigenvalue weighted by Crippen LogP contribution is -2.14. The van der Waals surface area contributed by atoms with Crippen LogP contribution in [0.4, 0.5) is 13.2 Å². The molecule has 2 aromatic heterocycles. The number of pyridine rings is 1. The smallest absolute Gasteiger partial charge is 0.263 e. The lowest BCUT2D eigenvalue weighted by molar-refractivity contribution is 0.112. The molecule has 6 aromatic rings. The van der Waals surface area contributed by atoms with Gasteiger partial charge in [0.25, 0.3) is 6.43 Å². The molecule has 0 aliphatic carbocycles. The van der Waals surface area contributed by atoms with E-state index in [1.807, 2.05) is 0 Å². The van der Waals surface area contributed by atoms with Crippen LogP contribution in [0.1, 0.15) is 33.5 Å². The van der Waals surface area contributed by atoms with E-state index in [1.54, 1.807) is 36.4 Å². The van der Waals surface area contributed by atoms with Crippen molar-refractivity contribution >= 4 is 40.2 Å². The highest BCUT2D eigenvalue weighted by Crippen LogP contribution is 2.46. The van der Waals surface area contributed by atoms with Crippen LogP contribution in [0, 0.1) is 28.5 Å². The summed E-state index contributed by atoms with van der Waals surface area (Å²) in [6, 6.07) is 24.8. The quantitative estimate of drug-likeness (QED) is 0.127. The highest BCUT2D eigenvalue weighted by atomic mass is 35.5. The molecule has 0 aliphatic heterocycles. The molecule has 46 heavy (non-hydrogen) atoms. The van der Waals surface area contributed by atoms with Gasteiger partial charge in [-0.3, -0.25) is 9.78 Å². The molecule has 224 valence electrons. The Balaban J connectivity index is 1.72. The van der Waals surface area contributed by atoms with E-state index in [9.17, 15) is 33.0 Å². The van der Waals surface area contributed by atoms with Gasteiger partial charge in [-0.05, 0) is 60.2 Å². The Hall–Kier alpha value is -5.39. The number of fused-ring (bicyclic) bond motifs is 1. The van der Waals surface area contributed by atoms with Gasteiger partial charge in [0, 0.05) is 56.2 Å². The summed E-state index contributed by atoms with van der Waals surface area (Å²) < 4.78 is 57.5. The zero-order valence-electron chi connectivity index (χ0n) is 23.4. The summed E-state index contributed by atoms with van der Waals surface area (Å²) in [6.45, 7) is 0. The van der Waals surface area contributed by atoms with Crippen LogP contribution < -0.4 is 0 Å². The Morgan fingerprint density at radius 2 is 1.59 bits per heavy atom. The summed E-state index contributed by atoms with van der Waals surface area (Å²) >= 11 is 4.45. The number of aldehydes is 1. The minimum absolute atomic E-state index is 0.0272. The van der Waals surface area contributed by atoms with E-state index in [1.165, 1.54) is 64.9 Å². The maximum atomic E-state index is 14.9. The average Bonchev–Trinajstić information content (AvgIpc) is 3.41. The predicted molar refractivity (Wildman–Crippen MR) is 169 cm³/mol. The van der Waals surface area contributed by atoms with Crippen LogP contribution in [0.15, 0.2) is 102 Å². The van der Waals surface area contributed by atoms with Gasteiger partial charge in [-0.25, -0.2) is 13.2 Å². The van der Waals surface area contributed by atoms with Crippen LogP contribution in [0.3, 0.4) is 0 Å². The van der Waals surface area contributed by atoms with Gasteiger partial charge in [0.1, 0.15) is 41.3 Å². The molecule has 11 heteroatoms. The zero-order valence-corrected chi connectivity index (χ0v) is 25.0. The van der Waals surface area contributed by atoms with Crippen molar-refractivity contribution in [3.8, 4) is 45.6 Å². The summed E-state index contributed by atoms with van der Waals surface area (Å²) in [5.74, 6) is -0.619. The number of alkyl halides is 2. The average molecular weight is 651 g/mol. The van der Waals surface area contributed by atoms with Crippen molar-refractivity contribution in [2.24, 2.45) is 0 Å². The number of carbonyl (C=O) groups is 1. The van der Waals surface area contributed by atoms with Gasteiger partial charge >= 0.3 is 0 Å². The topological polar surface area (TPSA) is 106 Å². The Morgan fingerprint density at radius 1 is 0.891 bits per heavy atom. The molecule has 0 amide bonds. The molecule has 1 unspecified atom stereocenters. The highest BCUT2D eigenvalue weighted by molar-refractivity contribution is 7.90. The number of hydrogen-bond acceptors (Lipinski definition) is 5. The standard InChI is InChI=1S/C35H18ClF3N4O2S/c36-30-12-20(19-44)4-10-28(30)22-2-1-3-23(13-22)34-33(32-24(15-40)17-42-18-25(32)16-41)29-14-26(37)7-11-31(29)43(34)46(45)27-8-5-21(6-9-27)35(38)39/h1-14,17-19,35H. The summed E-state index contributed by atoms with van der Waals surface area (Å²) in [5.41, 5.74) is 2.83. The summed E-state index contributed by atoms with van der Waals surface area (Å²) in [5, 5.41) is 20.7. The summed E-state index contributed by atoms with van der Waals surface area (Å²) in [7, 11) is 0. The SMILES string of the molecule is N#Cc1cncc(C#N)c1-c1c(-c2cccc(-c3ccc(C=O)cc3Cl)c2)n([S+]([O-])c2ccc(C(F)F)cc2)c2ccc(F)cc12. The fourth-order valence-corrected chi connectivity index (χ4v) is 6.91. The largest absolute Gasteiger partial charge is 0.587 e. The molecule has 6 nitrogen and oxygen atoms in total. The van der Waals surface area contributed by atoms with E-state index < -0.39 is 23.6 Å². The number of aromatic nitrogens is 2. The Kier molecular flexibility index (Phi) is 8.35. The molecule has 0 aliphatic rings. The van der Waals surface area contributed by atoms with Crippen molar-refractivity contribution in [1.29, 1.82) is 10.5 Å². The van der Waals surface area contributed by atoms with Gasteiger partial charge in [0.2, 0.25) is 0 Å². The fourth-order valence-electron chi connectivity index (χ4n) is 5.33. The van der Waals surface area contributed by atoms with Gasteiger partial charge in [0.05, 0.1) is 16.6 Å². The monoisotopic (exact) mass is 650 g/mol. The molecule has 0 N–H and O–H groups in total. The van der Waals surface area contributed by atoms with Crippen molar-refractivity contribution in [3.05, 3.63) is 130 Å². The van der Waals surface area contributed by atoms with Crippen molar-refractivity contribution < 1.29 is 22.5 Å². The number of halogens is 4. The molecule has 0 bridgehead atoms. The normalized spacial score (nSPS) is 11.7. The van der Waals surface area contributed by atoms with Gasteiger partial charge in [0.15, 0.2) is 4.90 Å². The number of hydrogen-bond donors (Lipinski definition) is 0. The molecule has 0 fully saturated rings. The summed E-state index contributed by atoms with van der Waals surface area (Å²) in [6.07, 6.45) is 0.518. The molecule has 0 radical (unpaired) electrons. The molecule has 0 saturated carbocycles. The number of nitrogens with zero attached hydrogens (tertiary/aromatic N) is 4. The predicted octanol–water partition coefficient (Wildman–Crippen LogP) is 8.89. The number of nitriles is 2. The number of benzene rings is 4. The van der Waals surface area contributed by atoms with Crippen molar-refractivity contribution in [2.75, 3.05) is 0 Å². The molecule has 1 atom stereocenters. The minimum Gasteiger partial charge on any atom is -0.587 e. The Labute approximate surface area is 268 Å². The molecule has 0 saturated heterocycles. The van der Waals surface area contributed by atoms with Crippen molar-refractivity contribution in [2.45, 2.75) is 11.3 Å². The van der Waals surface area contributed by atoms with Crippen molar-refractivity contribution in [1.82, 2.24) is 8.96 Å². The number of rotatable bonds is 7. The first-order valence-electron chi connectivity index (χ1n) is 13.5. The van der Waals surface area contributed by atoms with E-state index in [0.717, 1.165) is 0 Å². The minimum atomic E-state index is -2.73. The second kappa shape index (κ2) is 12.5. The Morgan fingerprint density at radius 3 is 2.22 bits per heavy atom. The molecule has 0 spiro atoms. The van der Waals surface area contributed by atoms with E-state index in [-0.39, 0.29) is 43.8 Å². The second-order valence-electron chi connectivity index (χ2n) is 10.1. The molecule has 6 rings (SSSR count). The van der Waals surface area contributed by atoms with Crippen LogP contribution in [-0.2, 0) is 11.4 Å². The maximum absolute atomic E-state index is 14.9. The van der Waals surface area contributed by atoms with Gasteiger partial charge < -0.3 is 4.55 Å². The first-order chi connectivity index (χ1) is 22.2. The van der Waals surface area contributed by atoms with E-state index >= 15 is 0 Å². The number of carbonyl (C=O) groups excluding carboxylic acids is 1. The van der Waals surface area contributed by atoms with E-state index in [2.05, 4.69) is 17.1 Å². The lowest BCUT2D eigenvalue weighted by Gasteiger charge is -2.17. The van der Waals surface area contributed by atoms with Gasteiger partial charge in [-0.2, -0.15) is 14.5 Å². The Bertz CT molecular complexity index is 2210. The van der Waals surface area contributed by atoms with Crippen LogP contribution in [0.25, 0.3) is 44.4 Å². The highest BCUT2D eigenvalue weighted by Gasteiger charge is 2.31. The maximum Gasteiger partial charge on any atom is 0.263 e. The molecule has 4 aromatic carbocycles. The first-order valence-corrected chi connectivity index (χ1v) is 15.0. The van der Waals surface area contributed by atoms with Crippen LogP contribution in [0.5, 0.6) is 0 Å². The third kappa shape index (κ3) is 5.40. The second-order valence-corrected chi connectivity index (χ2v) is 11.8. The summed E-state index contributed by atoms with van der Waals surface area (Å²) in [4.78, 5) is 15.5. The van der Waals surface area contributed by atoms with Crippen LogP contribution in [0.2, 0.25) is 5.02 Å². The van der Waals surface area contributed by atoms with Crippen molar-refractivity contribution in [3.63, 3.8) is 0 Å².